The summed E-state index contributed by atoms with van der Waals surface area (Å²) in [7, 11) is 1.44. The number of benzene rings is 1. The van der Waals surface area contributed by atoms with Crippen molar-refractivity contribution in [2.75, 3.05) is 50.4 Å². The van der Waals surface area contributed by atoms with E-state index in [4.69, 9.17) is 5.73 Å². The minimum Gasteiger partial charge on any atom is -0.383 e. The van der Waals surface area contributed by atoms with Crippen LogP contribution >= 0.6 is 0 Å². The van der Waals surface area contributed by atoms with Gasteiger partial charge in [-0.3, -0.25) is 4.79 Å². The van der Waals surface area contributed by atoms with E-state index in [1.807, 2.05) is 0 Å². The van der Waals surface area contributed by atoms with Crippen molar-refractivity contribution in [2.45, 2.75) is 37.7 Å². The van der Waals surface area contributed by atoms with Crippen molar-refractivity contribution >= 4 is 17.5 Å². The van der Waals surface area contributed by atoms with Crippen molar-refractivity contribution in [3.8, 4) is 11.3 Å². The van der Waals surface area contributed by atoms with Gasteiger partial charge in [0.15, 0.2) is 0 Å². The number of halogens is 5. The van der Waals surface area contributed by atoms with Crippen LogP contribution in [0.15, 0.2) is 30.7 Å². The normalized spacial score (nSPS) is 19.9. The molecule has 3 N–H and O–H groups in total. The molecular weight excluding hydrogens is 535 g/mol. The Hall–Kier alpha value is -3.81. The van der Waals surface area contributed by atoms with E-state index in [0.29, 0.717) is 31.9 Å². The quantitative estimate of drug-likeness (QED) is 0.424. The number of hydrogen-bond donors (Lipinski definition) is 2. The summed E-state index contributed by atoms with van der Waals surface area (Å²) < 4.78 is 71.6. The number of nitrogens with zero attached hydrogens (tertiary/aromatic N) is 6. The zero-order valence-electron chi connectivity index (χ0n) is 21.8. The molecule has 4 heterocycles. The molecule has 2 saturated heterocycles. The highest BCUT2D eigenvalue weighted by Crippen LogP contribution is 2.37. The molecule has 2 aliphatic heterocycles. The van der Waals surface area contributed by atoms with Crippen LogP contribution in [0, 0.1) is 5.82 Å². The van der Waals surface area contributed by atoms with E-state index in [1.54, 1.807) is 15.7 Å². The number of nitrogens with one attached hydrogen (secondary N) is 1. The summed E-state index contributed by atoms with van der Waals surface area (Å²) in [5.41, 5.74) is 4.90. The number of amides is 1. The first-order valence-electron chi connectivity index (χ1n) is 12.9. The van der Waals surface area contributed by atoms with Gasteiger partial charge in [-0.15, -0.1) is 0 Å². The van der Waals surface area contributed by atoms with Crippen LogP contribution in [0.2, 0.25) is 0 Å². The number of rotatable bonds is 7. The third-order valence-corrected chi connectivity index (χ3v) is 7.46. The fourth-order valence-electron chi connectivity index (χ4n) is 5.16. The highest BCUT2D eigenvalue weighted by Gasteiger charge is 2.37. The Balaban J connectivity index is 1.44. The molecule has 0 saturated carbocycles. The maximum atomic E-state index is 15.8. The topological polar surface area (TPSA) is 105 Å². The summed E-state index contributed by atoms with van der Waals surface area (Å²) in [5, 5.41) is 2.49. The predicted molar refractivity (Wildman–Crippen MR) is 138 cm³/mol. The number of carbonyl (C=O) groups is 1. The molecule has 40 heavy (non-hydrogen) atoms. The SMILES string of the molecule is CNC(=O)c1c(N)ncnc1N1CCC(c2nc(-c3ccc(F)c(C(F)(F)F)c3)cn2CCN2CCC2)C(F)C1. The molecule has 2 atom stereocenters. The average Bonchev–Trinajstić information content (AvgIpc) is 3.30. The summed E-state index contributed by atoms with van der Waals surface area (Å²) in [6.45, 7) is 3.29. The number of nitrogen functional groups attached to an aromatic ring is 1. The average molecular weight is 565 g/mol. The molecule has 214 valence electrons. The summed E-state index contributed by atoms with van der Waals surface area (Å²) in [6.07, 6.45) is -2.08. The second kappa shape index (κ2) is 11.0. The third kappa shape index (κ3) is 5.44. The van der Waals surface area contributed by atoms with Gasteiger partial charge in [0.1, 0.15) is 41.3 Å². The maximum absolute atomic E-state index is 15.8. The minimum absolute atomic E-state index is 0.0226. The molecule has 5 rings (SSSR count). The zero-order valence-corrected chi connectivity index (χ0v) is 21.8. The summed E-state index contributed by atoms with van der Waals surface area (Å²) in [4.78, 5) is 28.9. The van der Waals surface area contributed by atoms with Crippen LogP contribution < -0.4 is 16.0 Å². The molecule has 9 nitrogen and oxygen atoms in total. The van der Waals surface area contributed by atoms with E-state index in [-0.39, 0.29) is 35.0 Å². The van der Waals surface area contributed by atoms with E-state index >= 15 is 4.39 Å². The maximum Gasteiger partial charge on any atom is 0.419 e. The monoisotopic (exact) mass is 564 g/mol. The fraction of sp³-hybridized carbons (Fsp3) is 0.462. The van der Waals surface area contributed by atoms with Crippen molar-refractivity contribution < 1.29 is 26.7 Å². The molecule has 0 aliphatic carbocycles. The highest BCUT2D eigenvalue weighted by atomic mass is 19.4. The second-order valence-electron chi connectivity index (χ2n) is 9.96. The second-order valence-corrected chi connectivity index (χ2v) is 9.96. The van der Waals surface area contributed by atoms with Crippen molar-refractivity contribution in [1.29, 1.82) is 0 Å². The number of imidazole rings is 1. The van der Waals surface area contributed by atoms with Crippen molar-refractivity contribution in [2.24, 2.45) is 0 Å². The molecule has 1 aromatic carbocycles. The molecule has 3 aromatic rings. The lowest BCUT2D eigenvalue weighted by Gasteiger charge is -2.36. The number of aromatic nitrogens is 4. The van der Waals surface area contributed by atoms with E-state index in [9.17, 15) is 22.4 Å². The summed E-state index contributed by atoms with van der Waals surface area (Å²) >= 11 is 0. The first-order valence-corrected chi connectivity index (χ1v) is 12.9. The van der Waals surface area contributed by atoms with Crippen LogP contribution in [0.4, 0.5) is 33.6 Å². The van der Waals surface area contributed by atoms with Gasteiger partial charge in [0, 0.05) is 38.4 Å². The Bertz CT molecular complexity index is 1390. The van der Waals surface area contributed by atoms with Crippen LogP contribution in [-0.4, -0.2) is 76.3 Å². The van der Waals surface area contributed by atoms with E-state index in [0.717, 1.165) is 31.6 Å². The lowest BCUT2D eigenvalue weighted by Crippen LogP contribution is -2.43. The highest BCUT2D eigenvalue weighted by molar-refractivity contribution is 6.02. The number of piperidine rings is 1. The first-order chi connectivity index (χ1) is 19.1. The molecular formula is C26H29F5N8O. The molecule has 1 amide bonds. The Morgan fingerprint density at radius 2 is 1.95 bits per heavy atom. The van der Waals surface area contributed by atoms with Gasteiger partial charge in [0.05, 0.1) is 23.7 Å². The molecule has 14 heteroatoms. The lowest BCUT2D eigenvalue weighted by molar-refractivity contribution is -0.139. The largest absolute Gasteiger partial charge is 0.419 e. The Morgan fingerprint density at radius 3 is 2.60 bits per heavy atom. The Kier molecular flexibility index (Phi) is 7.62. The van der Waals surface area contributed by atoms with E-state index in [1.165, 1.54) is 19.4 Å². The molecule has 2 aliphatic rings. The van der Waals surface area contributed by atoms with Crippen molar-refractivity contribution in [3.05, 3.63) is 53.5 Å². The van der Waals surface area contributed by atoms with Gasteiger partial charge < -0.3 is 25.4 Å². The van der Waals surface area contributed by atoms with Crippen LogP contribution in [0.3, 0.4) is 0 Å². The molecule has 0 bridgehead atoms. The molecule has 2 aromatic heterocycles. The van der Waals surface area contributed by atoms with Gasteiger partial charge in [0.2, 0.25) is 0 Å². The third-order valence-electron chi connectivity index (χ3n) is 7.46. The summed E-state index contributed by atoms with van der Waals surface area (Å²) in [6, 6.07) is 2.74. The van der Waals surface area contributed by atoms with Gasteiger partial charge in [-0.05, 0) is 44.1 Å². The van der Waals surface area contributed by atoms with Gasteiger partial charge in [-0.25, -0.2) is 23.7 Å². The lowest BCUT2D eigenvalue weighted by atomic mass is 9.93. The minimum atomic E-state index is -4.86. The number of carbonyl (C=O) groups excluding carboxylic acids is 1. The molecule has 2 unspecified atom stereocenters. The standard InChI is InChI=1S/C26H29F5N8O/c1-33-25(40)21-22(32)34-14-35-24(21)38-8-5-16(19(28)12-38)23-36-20(13-39(23)10-9-37-6-2-7-37)15-3-4-18(27)17(11-15)26(29,30)31/h3-4,11,13-14,16,19H,2,5-10,12H2,1H3,(H,33,40)(H2,32,34,35). The van der Waals surface area contributed by atoms with E-state index < -0.39 is 35.6 Å². The van der Waals surface area contributed by atoms with Crippen LogP contribution in [0.25, 0.3) is 11.3 Å². The molecule has 2 fully saturated rings. The Labute approximate surface area is 227 Å². The predicted octanol–water partition coefficient (Wildman–Crippen LogP) is 3.48. The fourth-order valence-corrected chi connectivity index (χ4v) is 5.16. The van der Waals surface area contributed by atoms with Gasteiger partial charge in [-0.2, -0.15) is 13.2 Å². The summed E-state index contributed by atoms with van der Waals surface area (Å²) in [5.74, 6) is -1.91. The van der Waals surface area contributed by atoms with Crippen molar-refractivity contribution in [1.82, 2.24) is 29.7 Å². The number of hydrogen-bond acceptors (Lipinski definition) is 7. The van der Waals surface area contributed by atoms with Gasteiger partial charge >= 0.3 is 6.18 Å². The van der Waals surface area contributed by atoms with Gasteiger partial charge in [-0.1, -0.05) is 0 Å². The van der Waals surface area contributed by atoms with Crippen LogP contribution in [0.1, 0.15) is 40.5 Å². The van der Waals surface area contributed by atoms with Gasteiger partial charge in [0.25, 0.3) is 5.91 Å². The van der Waals surface area contributed by atoms with Crippen molar-refractivity contribution in [3.63, 3.8) is 0 Å². The Morgan fingerprint density at radius 1 is 1.18 bits per heavy atom. The molecule has 0 radical (unpaired) electrons. The van der Waals surface area contributed by atoms with Crippen LogP contribution in [-0.2, 0) is 12.7 Å². The van der Waals surface area contributed by atoms with E-state index in [2.05, 4.69) is 25.2 Å². The number of nitrogens with two attached hydrogens (primary N) is 1. The molecule has 0 spiro atoms. The first kappa shape index (κ1) is 27.7. The number of alkyl halides is 4. The zero-order chi connectivity index (χ0) is 28.6. The number of anilines is 2. The van der Waals surface area contributed by atoms with Crippen LogP contribution in [0.5, 0.6) is 0 Å². The smallest absolute Gasteiger partial charge is 0.383 e. The number of likely N-dealkylation sites (tertiary alicyclic amines) is 1.